The zero-order valence-corrected chi connectivity index (χ0v) is 17.2. The third-order valence-corrected chi connectivity index (χ3v) is 6.71. The summed E-state index contributed by atoms with van der Waals surface area (Å²) in [5.41, 5.74) is 0.350. The van der Waals surface area contributed by atoms with Crippen molar-refractivity contribution >= 4 is 21.8 Å². The number of benzene rings is 1. The minimum atomic E-state index is -4.10. The Hall–Kier alpha value is -2.75. The Morgan fingerprint density at radius 3 is 2.07 bits per heavy atom. The Labute approximate surface area is 168 Å². The Bertz CT molecular complexity index is 905. The first-order chi connectivity index (χ1) is 13.7. The van der Waals surface area contributed by atoms with Crippen LogP contribution in [0.3, 0.4) is 0 Å². The summed E-state index contributed by atoms with van der Waals surface area (Å²) in [5, 5.41) is 11.4. The molecule has 0 spiro atoms. The van der Waals surface area contributed by atoms with Gasteiger partial charge in [0.15, 0.2) is 15.8 Å². The van der Waals surface area contributed by atoms with Crippen LogP contribution >= 0.6 is 0 Å². The van der Waals surface area contributed by atoms with Crippen LogP contribution in [0, 0.1) is 16.0 Å². The number of allylic oxidation sites excluding steroid dienone is 1. The molecule has 2 rings (SSSR count). The quantitative estimate of drug-likeness (QED) is 0.267. The fourth-order valence-corrected chi connectivity index (χ4v) is 5.73. The molecule has 0 fully saturated rings. The molecule has 0 saturated heterocycles. The first kappa shape index (κ1) is 22.5. The molecule has 0 radical (unpaired) electrons. The van der Waals surface area contributed by atoms with Crippen molar-refractivity contribution in [3.05, 3.63) is 56.5 Å². The van der Waals surface area contributed by atoms with Crippen molar-refractivity contribution in [3.63, 3.8) is 0 Å². The van der Waals surface area contributed by atoms with Gasteiger partial charge in [-0.25, -0.2) is 8.42 Å². The second-order valence-electron chi connectivity index (χ2n) is 6.50. The summed E-state index contributed by atoms with van der Waals surface area (Å²) in [4.78, 5) is 35.8. The van der Waals surface area contributed by atoms with Gasteiger partial charge in [0.25, 0.3) is 0 Å². The van der Waals surface area contributed by atoms with Gasteiger partial charge in [0.05, 0.1) is 18.1 Å². The van der Waals surface area contributed by atoms with Crippen molar-refractivity contribution in [2.45, 2.75) is 32.7 Å². The van der Waals surface area contributed by atoms with E-state index in [1.807, 2.05) is 0 Å². The van der Waals surface area contributed by atoms with Crippen molar-refractivity contribution in [2.75, 3.05) is 19.0 Å². The molecule has 0 unspecified atom stereocenters. The van der Waals surface area contributed by atoms with Gasteiger partial charge < -0.3 is 9.47 Å². The van der Waals surface area contributed by atoms with Crippen molar-refractivity contribution < 1.29 is 32.4 Å². The van der Waals surface area contributed by atoms with Crippen LogP contribution in [-0.2, 0) is 28.9 Å². The number of sulfone groups is 1. The maximum atomic E-state index is 12.9. The fraction of sp³-hybridized carbons (Fsp3) is 0.474. The summed E-state index contributed by atoms with van der Waals surface area (Å²) in [6, 6.07) is 6.62. The molecular formula is C19H23NO8S. The van der Waals surface area contributed by atoms with Crippen LogP contribution in [0.5, 0.6) is 0 Å². The molecule has 9 nitrogen and oxygen atoms in total. The van der Waals surface area contributed by atoms with E-state index in [2.05, 4.69) is 0 Å². The number of hydrogen-bond donors (Lipinski definition) is 0. The zero-order valence-electron chi connectivity index (χ0n) is 16.4. The Morgan fingerprint density at radius 1 is 1.14 bits per heavy atom. The Morgan fingerprint density at radius 2 is 1.66 bits per heavy atom. The van der Waals surface area contributed by atoms with Gasteiger partial charge in [-0.2, -0.15) is 0 Å². The molecule has 29 heavy (non-hydrogen) atoms. The number of carbonyl (C=O) groups excluding carboxylic acids is 2. The Balaban J connectivity index is 2.76. The number of nitro groups is 1. The predicted octanol–water partition coefficient (Wildman–Crippen LogP) is 1.86. The first-order valence-corrected chi connectivity index (χ1v) is 10.8. The molecule has 158 valence electrons. The highest BCUT2D eigenvalue weighted by atomic mass is 32.2. The second kappa shape index (κ2) is 9.17. The fourth-order valence-electron chi connectivity index (χ4n) is 3.48. The van der Waals surface area contributed by atoms with Gasteiger partial charge >= 0.3 is 11.9 Å². The molecule has 1 aliphatic rings. The highest BCUT2D eigenvalue weighted by molar-refractivity contribution is 7.95. The minimum Gasteiger partial charge on any atom is -0.465 e. The van der Waals surface area contributed by atoms with Crippen LogP contribution in [0.4, 0.5) is 0 Å². The van der Waals surface area contributed by atoms with E-state index in [0.29, 0.717) is 5.56 Å². The molecule has 0 aliphatic carbocycles. The van der Waals surface area contributed by atoms with Gasteiger partial charge in [-0.05, 0) is 26.3 Å². The van der Waals surface area contributed by atoms with Gasteiger partial charge in [0, 0.05) is 16.4 Å². The SMILES string of the molecule is CCOC(=O)C(C(=O)OCC)[C@@H](C1=C(C)[C@@H]([N+](=O)[O-])CS1(=O)=O)c1ccccc1. The molecule has 1 aliphatic heterocycles. The van der Waals surface area contributed by atoms with Gasteiger partial charge in [0.1, 0.15) is 5.75 Å². The normalized spacial score (nSPS) is 19.1. The number of hydrogen-bond acceptors (Lipinski definition) is 8. The molecule has 0 amide bonds. The molecule has 0 saturated carbocycles. The molecule has 1 heterocycles. The molecule has 10 heteroatoms. The largest absolute Gasteiger partial charge is 0.465 e. The lowest BCUT2D eigenvalue weighted by Crippen LogP contribution is -2.35. The second-order valence-corrected chi connectivity index (χ2v) is 8.50. The van der Waals surface area contributed by atoms with Crippen LogP contribution in [-0.4, -0.2) is 50.3 Å². The lowest BCUT2D eigenvalue weighted by molar-refractivity contribution is -0.505. The average molecular weight is 425 g/mol. The van der Waals surface area contributed by atoms with Crippen molar-refractivity contribution in [2.24, 2.45) is 5.92 Å². The third-order valence-electron chi connectivity index (χ3n) is 4.71. The third kappa shape index (κ3) is 4.64. The van der Waals surface area contributed by atoms with E-state index in [-0.39, 0.29) is 23.7 Å². The van der Waals surface area contributed by atoms with Gasteiger partial charge in [0.2, 0.25) is 6.04 Å². The van der Waals surface area contributed by atoms with E-state index in [1.165, 1.54) is 6.92 Å². The van der Waals surface area contributed by atoms with E-state index >= 15 is 0 Å². The number of rotatable bonds is 8. The van der Waals surface area contributed by atoms with Crippen LogP contribution in [0.25, 0.3) is 0 Å². The molecule has 0 N–H and O–H groups in total. The van der Waals surface area contributed by atoms with E-state index in [0.717, 1.165) is 0 Å². The lowest BCUT2D eigenvalue weighted by atomic mass is 9.83. The molecule has 2 atom stereocenters. The molecule has 0 aromatic heterocycles. The predicted molar refractivity (Wildman–Crippen MR) is 103 cm³/mol. The topological polar surface area (TPSA) is 130 Å². The zero-order chi connectivity index (χ0) is 21.8. The number of carbonyl (C=O) groups is 2. The highest BCUT2D eigenvalue weighted by Gasteiger charge is 2.51. The summed E-state index contributed by atoms with van der Waals surface area (Å²) in [7, 11) is -4.10. The summed E-state index contributed by atoms with van der Waals surface area (Å²) in [6.07, 6.45) is 0. The van der Waals surface area contributed by atoms with Crippen molar-refractivity contribution in [1.29, 1.82) is 0 Å². The van der Waals surface area contributed by atoms with Gasteiger partial charge in [-0.1, -0.05) is 30.3 Å². The Kier molecular flexibility index (Phi) is 7.12. The van der Waals surface area contributed by atoms with Crippen LogP contribution < -0.4 is 0 Å². The summed E-state index contributed by atoms with van der Waals surface area (Å²) >= 11 is 0. The van der Waals surface area contributed by atoms with Crippen molar-refractivity contribution in [3.8, 4) is 0 Å². The summed E-state index contributed by atoms with van der Waals surface area (Å²) < 4.78 is 35.8. The minimum absolute atomic E-state index is 0.00227. The standard InChI is InChI=1S/C19H23NO8S/c1-4-27-18(21)16(19(22)28-5-2)15(13-9-7-6-8-10-13)17-12(3)14(20(23)24)11-29(17,25)26/h6-10,14-16H,4-5,11H2,1-3H3/t14-,15-/m0/s1. The van der Waals surface area contributed by atoms with E-state index in [4.69, 9.17) is 9.47 Å². The molecule has 1 aromatic carbocycles. The van der Waals surface area contributed by atoms with E-state index < -0.39 is 50.3 Å². The highest BCUT2D eigenvalue weighted by Crippen LogP contribution is 2.43. The monoisotopic (exact) mass is 425 g/mol. The smallest absolute Gasteiger partial charge is 0.321 e. The van der Waals surface area contributed by atoms with E-state index in [9.17, 15) is 28.1 Å². The summed E-state index contributed by atoms with van der Waals surface area (Å²) in [6.45, 7) is 4.39. The van der Waals surface area contributed by atoms with E-state index in [1.54, 1.807) is 44.2 Å². The van der Waals surface area contributed by atoms with Crippen LogP contribution in [0.2, 0.25) is 0 Å². The van der Waals surface area contributed by atoms with Crippen LogP contribution in [0.1, 0.15) is 32.3 Å². The number of nitrogens with zero attached hydrogens (tertiary/aromatic N) is 1. The van der Waals surface area contributed by atoms with Gasteiger partial charge in [-0.15, -0.1) is 0 Å². The maximum Gasteiger partial charge on any atom is 0.321 e. The van der Waals surface area contributed by atoms with Crippen LogP contribution in [0.15, 0.2) is 40.8 Å². The molecular weight excluding hydrogens is 402 g/mol. The lowest BCUT2D eigenvalue weighted by Gasteiger charge is -2.26. The van der Waals surface area contributed by atoms with Crippen molar-refractivity contribution in [1.82, 2.24) is 0 Å². The molecule has 1 aromatic rings. The molecule has 0 bridgehead atoms. The average Bonchev–Trinajstić information content (AvgIpc) is 2.90. The summed E-state index contributed by atoms with van der Waals surface area (Å²) in [5.74, 6) is -5.51. The van der Waals surface area contributed by atoms with Gasteiger partial charge in [-0.3, -0.25) is 19.7 Å². The first-order valence-electron chi connectivity index (χ1n) is 9.10. The number of esters is 2. The maximum absolute atomic E-state index is 12.9. The number of ether oxygens (including phenoxy) is 2.